The number of alkyl halides is 2. The first-order valence-electron chi connectivity index (χ1n) is 8.58. The monoisotopic (exact) mass is 413 g/mol. The van der Waals surface area contributed by atoms with Crippen LogP contribution in [0.4, 0.5) is 18.9 Å². The Hall–Kier alpha value is -3.05. The average molecular weight is 413 g/mol. The van der Waals surface area contributed by atoms with E-state index in [4.69, 9.17) is 9.94 Å². The fourth-order valence-corrected chi connectivity index (χ4v) is 2.95. The number of rotatable bonds is 7. The SMILES string of the molecule is Cn1cc2c(cc1=O)CC(Nc1ccc(OC(F)F)cc1F)N(OCCO)C2=O. The maximum atomic E-state index is 14.3. The summed E-state index contributed by atoms with van der Waals surface area (Å²) in [6.07, 6.45) is 0.574. The summed E-state index contributed by atoms with van der Waals surface area (Å²) in [4.78, 5) is 30.0. The molecule has 8 nitrogen and oxygen atoms in total. The number of halogens is 3. The predicted octanol–water partition coefficient (Wildman–Crippen LogP) is 1.49. The van der Waals surface area contributed by atoms with E-state index in [-0.39, 0.29) is 42.2 Å². The lowest BCUT2D eigenvalue weighted by molar-refractivity contribution is -0.152. The quantitative estimate of drug-likeness (QED) is 0.715. The zero-order valence-corrected chi connectivity index (χ0v) is 15.3. The summed E-state index contributed by atoms with van der Waals surface area (Å²) in [6, 6.07) is 4.41. The summed E-state index contributed by atoms with van der Waals surface area (Å²) in [5.74, 6) is -1.82. The Morgan fingerprint density at radius 1 is 1.31 bits per heavy atom. The second kappa shape index (κ2) is 8.53. The van der Waals surface area contributed by atoms with Crippen LogP contribution >= 0.6 is 0 Å². The van der Waals surface area contributed by atoms with Crippen molar-refractivity contribution in [3.63, 3.8) is 0 Å². The standard InChI is InChI=1S/C18H18F3N3O5/c1-23-9-12-10(7-16(23)26)6-15(24(17(12)27)28-5-4-25)22-14-3-2-11(8-13(14)19)29-18(20)21/h2-3,7-9,15,18,22,25H,4-6H2,1H3. The van der Waals surface area contributed by atoms with Gasteiger partial charge in [0, 0.05) is 31.8 Å². The number of carbonyl (C=O) groups excluding carboxylic acids is 1. The van der Waals surface area contributed by atoms with Crippen molar-refractivity contribution in [2.75, 3.05) is 18.5 Å². The smallest absolute Gasteiger partial charge is 0.387 e. The fraction of sp³-hybridized carbons (Fsp3) is 0.333. The normalized spacial score (nSPS) is 16.1. The number of carbonyl (C=O) groups is 1. The number of aromatic nitrogens is 1. The molecule has 0 saturated heterocycles. The Kier molecular flexibility index (Phi) is 6.09. The van der Waals surface area contributed by atoms with Gasteiger partial charge >= 0.3 is 6.61 Å². The molecule has 2 aromatic rings. The van der Waals surface area contributed by atoms with E-state index in [0.717, 1.165) is 17.2 Å². The number of nitrogens with one attached hydrogen (secondary N) is 1. The number of amides is 1. The summed E-state index contributed by atoms with van der Waals surface area (Å²) in [5.41, 5.74) is 0.274. The van der Waals surface area contributed by atoms with Gasteiger partial charge in [0.1, 0.15) is 17.7 Å². The van der Waals surface area contributed by atoms with Gasteiger partial charge in [-0.25, -0.2) is 4.39 Å². The maximum absolute atomic E-state index is 14.3. The van der Waals surface area contributed by atoms with Gasteiger partial charge in [-0.1, -0.05) is 0 Å². The Morgan fingerprint density at radius 3 is 2.72 bits per heavy atom. The molecule has 1 aliphatic heterocycles. The molecule has 1 aromatic heterocycles. The summed E-state index contributed by atoms with van der Waals surface area (Å²) >= 11 is 0. The molecule has 0 aliphatic carbocycles. The average Bonchev–Trinajstić information content (AvgIpc) is 2.65. The third kappa shape index (κ3) is 4.51. The van der Waals surface area contributed by atoms with Gasteiger partial charge in [0.2, 0.25) is 0 Å². The third-order valence-corrected chi connectivity index (χ3v) is 4.25. The van der Waals surface area contributed by atoms with Gasteiger partial charge in [-0.2, -0.15) is 13.8 Å². The Morgan fingerprint density at radius 2 is 2.07 bits per heavy atom. The first-order chi connectivity index (χ1) is 13.8. The fourth-order valence-electron chi connectivity index (χ4n) is 2.95. The van der Waals surface area contributed by atoms with E-state index in [1.165, 1.54) is 29.9 Å². The second-order valence-corrected chi connectivity index (χ2v) is 6.23. The number of anilines is 1. The van der Waals surface area contributed by atoms with Crippen LogP contribution in [-0.2, 0) is 18.3 Å². The van der Waals surface area contributed by atoms with Crippen LogP contribution in [0, 0.1) is 5.82 Å². The highest BCUT2D eigenvalue weighted by Crippen LogP contribution is 2.27. The molecular formula is C18H18F3N3O5. The molecule has 11 heteroatoms. The maximum Gasteiger partial charge on any atom is 0.387 e. The van der Waals surface area contributed by atoms with Crippen molar-refractivity contribution >= 4 is 11.6 Å². The Labute approximate surface area is 163 Å². The van der Waals surface area contributed by atoms with Gasteiger partial charge in [0.05, 0.1) is 24.5 Å². The number of ether oxygens (including phenoxy) is 1. The van der Waals surface area contributed by atoms with E-state index in [1.54, 1.807) is 0 Å². The highest BCUT2D eigenvalue weighted by atomic mass is 19.3. The van der Waals surface area contributed by atoms with E-state index < -0.39 is 24.5 Å². The molecule has 1 aliphatic rings. The molecule has 1 unspecified atom stereocenters. The molecule has 1 aromatic carbocycles. The zero-order valence-electron chi connectivity index (χ0n) is 15.3. The molecule has 0 fully saturated rings. The molecule has 2 N–H and O–H groups in total. The predicted molar refractivity (Wildman–Crippen MR) is 95.0 cm³/mol. The number of aryl methyl sites for hydroxylation is 1. The topological polar surface area (TPSA) is 93.0 Å². The van der Waals surface area contributed by atoms with Crippen molar-refractivity contribution in [3.8, 4) is 5.75 Å². The zero-order chi connectivity index (χ0) is 21.1. The molecule has 1 amide bonds. The van der Waals surface area contributed by atoms with Crippen LogP contribution in [0.25, 0.3) is 0 Å². The Bertz CT molecular complexity index is 966. The molecule has 156 valence electrons. The number of aliphatic hydroxyl groups excluding tert-OH is 1. The van der Waals surface area contributed by atoms with Crippen LogP contribution in [0.1, 0.15) is 15.9 Å². The second-order valence-electron chi connectivity index (χ2n) is 6.23. The lowest BCUT2D eigenvalue weighted by Gasteiger charge is -2.36. The largest absolute Gasteiger partial charge is 0.435 e. The van der Waals surface area contributed by atoms with Crippen LogP contribution < -0.4 is 15.6 Å². The Balaban J connectivity index is 1.90. The minimum absolute atomic E-state index is 0.0886. The minimum Gasteiger partial charge on any atom is -0.435 e. The van der Waals surface area contributed by atoms with E-state index in [0.29, 0.717) is 5.56 Å². The van der Waals surface area contributed by atoms with Crippen molar-refractivity contribution in [1.29, 1.82) is 0 Å². The third-order valence-electron chi connectivity index (χ3n) is 4.25. The lowest BCUT2D eigenvalue weighted by atomic mass is 10.00. The molecule has 3 rings (SSSR count). The molecule has 2 heterocycles. The van der Waals surface area contributed by atoms with Crippen LogP contribution in [0.3, 0.4) is 0 Å². The number of aliphatic hydroxyl groups is 1. The highest BCUT2D eigenvalue weighted by molar-refractivity contribution is 5.96. The number of hydrogen-bond acceptors (Lipinski definition) is 6. The highest BCUT2D eigenvalue weighted by Gasteiger charge is 2.34. The molecule has 0 saturated carbocycles. The molecule has 1 atom stereocenters. The number of fused-ring (bicyclic) bond motifs is 1. The van der Waals surface area contributed by atoms with Gasteiger partial charge in [0.15, 0.2) is 0 Å². The van der Waals surface area contributed by atoms with Crippen molar-refractivity contribution in [1.82, 2.24) is 9.63 Å². The summed E-state index contributed by atoms with van der Waals surface area (Å²) in [6.45, 7) is -3.63. The molecule has 0 bridgehead atoms. The van der Waals surface area contributed by atoms with E-state index >= 15 is 0 Å². The molecule has 0 radical (unpaired) electrons. The van der Waals surface area contributed by atoms with Crippen LogP contribution in [0.15, 0.2) is 35.3 Å². The van der Waals surface area contributed by atoms with Gasteiger partial charge in [0.25, 0.3) is 11.5 Å². The number of benzene rings is 1. The number of nitrogens with zero attached hydrogens (tertiary/aromatic N) is 2. The number of hydrogen-bond donors (Lipinski definition) is 2. The first kappa shape index (κ1) is 20.7. The van der Waals surface area contributed by atoms with Gasteiger partial charge in [-0.3, -0.25) is 14.4 Å². The molecular weight excluding hydrogens is 395 g/mol. The molecule has 29 heavy (non-hydrogen) atoms. The summed E-state index contributed by atoms with van der Waals surface area (Å²) < 4.78 is 44.3. The number of pyridine rings is 1. The molecule has 0 spiro atoms. The van der Waals surface area contributed by atoms with Gasteiger partial charge in [-0.05, 0) is 17.7 Å². The van der Waals surface area contributed by atoms with Crippen molar-refractivity contribution < 1.29 is 32.6 Å². The van der Waals surface area contributed by atoms with Gasteiger partial charge in [-0.15, -0.1) is 0 Å². The van der Waals surface area contributed by atoms with Crippen molar-refractivity contribution in [2.45, 2.75) is 19.2 Å². The lowest BCUT2D eigenvalue weighted by Crippen LogP contribution is -2.50. The number of hydroxylamine groups is 2. The summed E-state index contributed by atoms with van der Waals surface area (Å²) in [7, 11) is 1.50. The van der Waals surface area contributed by atoms with E-state index in [2.05, 4.69) is 10.1 Å². The van der Waals surface area contributed by atoms with Crippen LogP contribution in [-0.4, -0.2) is 46.6 Å². The van der Waals surface area contributed by atoms with Crippen LogP contribution in [0.2, 0.25) is 0 Å². The van der Waals surface area contributed by atoms with Crippen molar-refractivity contribution in [2.24, 2.45) is 7.05 Å². The minimum atomic E-state index is -3.09. The van der Waals surface area contributed by atoms with E-state index in [9.17, 15) is 22.8 Å². The summed E-state index contributed by atoms with van der Waals surface area (Å²) in [5, 5.41) is 12.7. The van der Waals surface area contributed by atoms with Crippen molar-refractivity contribution in [3.05, 3.63) is 57.8 Å². The van der Waals surface area contributed by atoms with Crippen LogP contribution in [0.5, 0.6) is 5.75 Å². The first-order valence-corrected chi connectivity index (χ1v) is 8.58. The van der Waals surface area contributed by atoms with E-state index in [1.807, 2.05) is 0 Å². The van der Waals surface area contributed by atoms with Gasteiger partial charge < -0.3 is 19.7 Å².